The average molecular weight is 354 g/mol. The molecule has 1 amide bonds. The molecule has 1 aromatic rings. The van der Waals surface area contributed by atoms with Gasteiger partial charge in [0, 0.05) is 37.8 Å². The topological polar surface area (TPSA) is 75.7 Å². The van der Waals surface area contributed by atoms with Crippen LogP contribution in [0.25, 0.3) is 0 Å². The number of benzene rings is 1. The molecule has 2 rings (SSSR count). The third-order valence-electron chi connectivity index (χ3n) is 3.97. The van der Waals surface area contributed by atoms with Crippen LogP contribution in [0.5, 0.6) is 5.75 Å². The number of hydrogen-bond donors (Lipinski definition) is 1. The zero-order valence-corrected chi connectivity index (χ0v) is 15.3. The lowest BCUT2D eigenvalue weighted by molar-refractivity contribution is -0.133. The molecule has 0 aromatic heterocycles. The average Bonchev–Trinajstić information content (AvgIpc) is 2.50. The van der Waals surface area contributed by atoms with Gasteiger partial charge in [-0.2, -0.15) is 0 Å². The molecule has 1 saturated heterocycles. The number of nitrogens with zero attached hydrogens (tertiary/aromatic N) is 1. The lowest BCUT2D eigenvalue weighted by Crippen LogP contribution is -2.55. The van der Waals surface area contributed by atoms with Gasteiger partial charge in [0.25, 0.3) is 0 Å². The van der Waals surface area contributed by atoms with E-state index in [1.54, 1.807) is 12.1 Å². The van der Waals surface area contributed by atoms with E-state index < -0.39 is 9.84 Å². The molecular weight excluding hydrogens is 328 g/mol. The van der Waals surface area contributed by atoms with Crippen molar-refractivity contribution in [2.75, 3.05) is 26.0 Å². The van der Waals surface area contributed by atoms with Crippen molar-refractivity contribution in [1.82, 2.24) is 10.2 Å². The summed E-state index contributed by atoms with van der Waals surface area (Å²) in [5.74, 6) is 0.769. The van der Waals surface area contributed by atoms with Crippen molar-refractivity contribution >= 4 is 15.7 Å². The summed E-state index contributed by atoms with van der Waals surface area (Å²) in [6.45, 7) is 6.09. The highest BCUT2D eigenvalue weighted by Crippen LogP contribution is 2.16. The van der Waals surface area contributed by atoms with Crippen molar-refractivity contribution in [1.29, 1.82) is 0 Å². The van der Waals surface area contributed by atoms with E-state index in [2.05, 4.69) is 19.2 Å². The molecule has 0 aliphatic carbocycles. The SMILES string of the molecule is CC1CN(C(=O)CCCOc2ccc(S(C)(=O)=O)cc2)CC(C)N1. The van der Waals surface area contributed by atoms with Crippen molar-refractivity contribution in [3.05, 3.63) is 24.3 Å². The molecule has 2 unspecified atom stereocenters. The summed E-state index contributed by atoms with van der Waals surface area (Å²) in [5, 5.41) is 3.41. The third kappa shape index (κ3) is 5.49. The first-order valence-corrected chi connectivity index (χ1v) is 10.1. The molecule has 1 heterocycles. The predicted molar refractivity (Wildman–Crippen MR) is 92.9 cm³/mol. The van der Waals surface area contributed by atoms with Crippen molar-refractivity contribution in [2.24, 2.45) is 0 Å². The van der Waals surface area contributed by atoms with Crippen LogP contribution in [0.3, 0.4) is 0 Å². The molecule has 0 bridgehead atoms. The predicted octanol–water partition coefficient (Wildman–Crippen LogP) is 1.46. The molecule has 1 aromatic carbocycles. The number of ether oxygens (including phenoxy) is 1. The van der Waals surface area contributed by atoms with Crippen molar-refractivity contribution in [3.8, 4) is 5.75 Å². The Kier molecular flexibility index (Phi) is 6.23. The molecule has 1 fully saturated rings. The smallest absolute Gasteiger partial charge is 0.222 e. The minimum Gasteiger partial charge on any atom is -0.494 e. The second-order valence-corrected chi connectivity index (χ2v) is 8.48. The Bertz CT molecular complexity index is 648. The summed E-state index contributed by atoms with van der Waals surface area (Å²) < 4.78 is 28.4. The highest BCUT2D eigenvalue weighted by Gasteiger charge is 2.24. The molecule has 2 atom stereocenters. The molecular formula is C17H26N2O4S. The first-order valence-electron chi connectivity index (χ1n) is 8.22. The molecule has 1 aliphatic rings. The van der Waals surface area contributed by atoms with Crippen molar-refractivity contribution in [2.45, 2.75) is 43.7 Å². The third-order valence-corrected chi connectivity index (χ3v) is 5.09. The number of rotatable bonds is 6. The van der Waals surface area contributed by atoms with Gasteiger partial charge in [-0.25, -0.2) is 8.42 Å². The molecule has 7 heteroatoms. The Hall–Kier alpha value is -1.60. The number of nitrogens with one attached hydrogen (secondary N) is 1. The van der Waals surface area contributed by atoms with Crippen molar-refractivity contribution < 1.29 is 17.9 Å². The minimum absolute atomic E-state index is 0.159. The van der Waals surface area contributed by atoms with Gasteiger partial charge in [-0.05, 0) is 44.5 Å². The van der Waals surface area contributed by atoms with E-state index in [0.29, 0.717) is 37.3 Å². The lowest BCUT2D eigenvalue weighted by atomic mass is 10.1. The molecule has 0 spiro atoms. The Morgan fingerprint density at radius 3 is 2.33 bits per heavy atom. The van der Waals surface area contributed by atoms with Crippen LogP contribution in [-0.2, 0) is 14.6 Å². The summed E-state index contributed by atoms with van der Waals surface area (Å²) >= 11 is 0. The molecule has 0 radical (unpaired) electrons. The van der Waals surface area contributed by atoms with Crippen LogP contribution in [0.4, 0.5) is 0 Å². The van der Waals surface area contributed by atoms with Gasteiger partial charge >= 0.3 is 0 Å². The van der Waals surface area contributed by atoms with Gasteiger partial charge in [0.1, 0.15) is 5.75 Å². The van der Waals surface area contributed by atoms with E-state index >= 15 is 0 Å². The Labute approximate surface area is 144 Å². The number of sulfone groups is 1. The highest BCUT2D eigenvalue weighted by molar-refractivity contribution is 7.90. The van der Waals surface area contributed by atoms with Crippen LogP contribution in [0.1, 0.15) is 26.7 Å². The number of carbonyl (C=O) groups excluding carboxylic acids is 1. The maximum Gasteiger partial charge on any atom is 0.222 e. The van der Waals surface area contributed by atoms with Crippen LogP contribution >= 0.6 is 0 Å². The van der Waals surface area contributed by atoms with Gasteiger partial charge in [0.2, 0.25) is 5.91 Å². The first-order chi connectivity index (χ1) is 11.3. The number of hydrogen-bond acceptors (Lipinski definition) is 5. The fraction of sp³-hybridized carbons (Fsp3) is 0.588. The van der Waals surface area contributed by atoms with Gasteiger partial charge in [0.15, 0.2) is 9.84 Å². The van der Waals surface area contributed by atoms with E-state index in [0.717, 1.165) is 13.1 Å². The Morgan fingerprint density at radius 1 is 1.21 bits per heavy atom. The largest absolute Gasteiger partial charge is 0.494 e. The van der Waals surface area contributed by atoms with Crippen LogP contribution in [-0.4, -0.2) is 57.3 Å². The monoisotopic (exact) mass is 354 g/mol. The molecule has 1 N–H and O–H groups in total. The van der Waals surface area contributed by atoms with Crippen LogP contribution in [0.2, 0.25) is 0 Å². The summed E-state index contributed by atoms with van der Waals surface area (Å²) in [6.07, 6.45) is 2.27. The van der Waals surface area contributed by atoms with Gasteiger partial charge in [0.05, 0.1) is 11.5 Å². The van der Waals surface area contributed by atoms with E-state index in [4.69, 9.17) is 4.74 Å². The maximum atomic E-state index is 12.2. The van der Waals surface area contributed by atoms with Gasteiger partial charge < -0.3 is 15.0 Å². The van der Waals surface area contributed by atoms with E-state index in [1.807, 2.05) is 4.90 Å². The van der Waals surface area contributed by atoms with E-state index in [1.165, 1.54) is 18.4 Å². The standard InChI is InChI=1S/C17H26N2O4S/c1-13-11-19(12-14(2)18-13)17(20)5-4-10-23-15-6-8-16(9-7-15)24(3,21)22/h6-9,13-14,18H,4-5,10-12H2,1-3H3. The quantitative estimate of drug-likeness (QED) is 0.783. The summed E-state index contributed by atoms with van der Waals surface area (Å²) in [4.78, 5) is 14.4. The zero-order chi connectivity index (χ0) is 17.7. The molecule has 1 aliphatic heterocycles. The van der Waals surface area contributed by atoms with Gasteiger partial charge in [-0.1, -0.05) is 0 Å². The summed E-state index contributed by atoms with van der Waals surface area (Å²) in [6, 6.07) is 6.97. The second kappa shape index (κ2) is 7.98. The fourth-order valence-electron chi connectivity index (χ4n) is 2.89. The lowest BCUT2D eigenvalue weighted by Gasteiger charge is -2.36. The van der Waals surface area contributed by atoms with Crippen molar-refractivity contribution in [3.63, 3.8) is 0 Å². The fourth-order valence-corrected chi connectivity index (χ4v) is 3.52. The van der Waals surface area contributed by atoms with Crippen LogP contribution in [0.15, 0.2) is 29.2 Å². The second-order valence-electron chi connectivity index (χ2n) is 6.46. The van der Waals surface area contributed by atoms with Crippen LogP contribution in [0, 0.1) is 0 Å². The normalized spacial score (nSPS) is 21.5. The Morgan fingerprint density at radius 2 is 1.79 bits per heavy atom. The highest BCUT2D eigenvalue weighted by atomic mass is 32.2. The number of carbonyl (C=O) groups is 1. The van der Waals surface area contributed by atoms with Crippen LogP contribution < -0.4 is 10.1 Å². The summed E-state index contributed by atoms with van der Waals surface area (Å²) in [7, 11) is -3.19. The molecule has 6 nitrogen and oxygen atoms in total. The van der Waals surface area contributed by atoms with Gasteiger partial charge in [-0.15, -0.1) is 0 Å². The summed E-state index contributed by atoms with van der Waals surface area (Å²) in [5.41, 5.74) is 0. The van der Waals surface area contributed by atoms with E-state index in [9.17, 15) is 13.2 Å². The maximum absolute atomic E-state index is 12.2. The minimum atomic E-state index is -3.19. The number of amides is 1. The van der Waals surface area contributed by atoms with E-state index in [-0.39, 0.29) is 10.8 Å². The zero-order valence-electron chi connectivity index (χ0n) is 14.5. The van der Waals surface area contributed by atoms with Gasteiger partial charge in [-0.3, -0.25) is 4.79 Å². The number of piperazine rings is 1. The molecule has 0 saturated carbocycles. The molecule has 24 heavy (non-hydrogen) atoms. The Balaban J connectivity index is 1.73. The first kappa shape index (κ1) is 18.7. The molecule has 134 valence electrons.